The number of hydrogen-bond donors (Lipinski definition) is 1. The average Bonchev–Trinajstić information content (AvgIpc) is 2.48. The molecule has 2 heterocycles. The van der Waals surface area contributed by atoms with Crippen molar-refractivity contribution in [2.24, 2.45) is 5.73 Å². The van der Waals surface area contributed by atoms with Crippen LogP contribution in [-0.4, -0.2) is 41.7 Å². The molecule has 106 valence electrons. The van der Waals surface area contributed by atoms with E-state index in [4.69, 9.17) is 10.5 Å². The van der Waals surface area contributed by atoms with Crippen molar-refractivity contribution in [2.45, 2.75) is 44.4 Å². The molecule has 1 aliphatic rings. The van der Waals surface area contributed by atoms with Crippen molar-refractivity contribution < 1.29 is 4.74 Å². The van der Waals surface area contributed by atoms with Gasteiger partial charge in [-0.25, -0.2) is 0 Å². The lowest BCUT2D eigenvalue weighted by molar-refractivity contribution is -0.0671. The van der Waals surface area contributed by atoms with Crippen LogP contribution < -0.4 is 5.73 Å². The fraction of sp³-hybridized carbons (Fsp3) is 0.667. The molecule has 4 heteroatoms. The van der Waals surface area contributed by atoms with Crippen molar-refractivity contribution in [1.82, 2.24) is 9.88 Å². The van der Waals surface area contributed by atoms with Gasteiger partial charge in [0, 0.05) is 37.6 Å². The maximum Gasteiger partial charge on any atom is 0.0590 e. The summed E-state index contributed by atoms with van der Waals surface area (Å²) in [6, 6.07) is 4.13. The molecule has 2 N–H and O–H groups in total. The number of pyridine rings is 1. The second-order valence-electron chi connectivity index (χ2n) is 5.50. The summed E-state index contributed by atoms with van der Waals surface area (Å²) in [6.07, 6.45) is 7.14. The summed E-state index contributed by atoms with van der Waals surface area (Å²) in [5, 5.41) is 0. The molecule has 1 fully saturated rings. The van der Waals surface area contributed by atoms with Crippen molar-refractivity contribution in [3.05, 3.63) is 30.1 Å². The SMILES string of the molecule is CCC1CC(CN)(N(C)Cc2ccncc2)CCO1. The number of nitrogens with two attached hydrogens (primary N) is 1. The lowest BCUT2D eigenvalue weighted by atomic mass is 9.84. The molecule has 0 spiro atoms. The van der Waals surface area contributed by atoms with Gasteiger partial charge in [-0.1, -0.05) is 6.92 Å². The molecule has 0 bridgehead atoms. The van der Waals surface area contributed by atoms with Crippen molar-refractivity contribution in [3.8, 4) is 0 Å². The topological polar surface area (TPSA) is 51.4 Å². The van der Waals surface area contributed by atoms with E-state index in [0.29, 0.717) is 12.6 Å². The van der Waals surface area contributed by atoms with Crippen LogP contribution in [0.4, 0.5) is 0 Å². The Morgan fingerprint density at radius 1 is 1.47 bits per heavy atom. The maximum absolute atomic E-state index is 6.10. The van der Waals surface area contributed by atoms with Crippen LogP contribution in [0.25, 0.3) is 0 Å². The van der Waals surface area contributed by atoms with Crippen LogP contribution in [0.5, 0.6) is 0 Å². The van der Waals surface area contributed by atoms with Crippen LogP contribution >= 0.6 is 0 Å². The van der Waals surface area contributed by atoms with Crippen LogP contribution in [-0.2, 0) is 11.3 Å². The first-order valence-electron chi connectivity index (χ1n) is 7.12. The summed E-state index contributed by atoms with van der Waals surface area (Å²) >= 11 is 0. The summed E-state index contributed by atoms with van der Waals surface area (Å²) in [5.41, 5.74) is 7.45. The van der Waals surface area contributed by atoms with E-state index in [2.05, 4.69) is 36.0 Å². The zero-order chi connectivity index (χ0) is 13.7. The Bertz CT molecular complexity index is 384. The second kappa shape index (κ2) is 6.46. The number of likely N-dealkylation sites (N-methyl/N-ethyl adjacent to an activating group) is 1. The standard InChI is InChI=1S/C15H25N3O/c1-3-14-10-15(12-16,6-9-19-14)18(2)11-13-4-7-17-8-5-13/h4-5,7-8,14H,3,6,9-12,16H2,1-2H3. The molecule has 0 radical (unpaired) electrons. The van der Waals surface area contributed by atoms with Crippen LogP contribution in [0.15, 0.2) is 24.5 Å². The number of aromatic nitrogens is 1. The molecule has 1 saturated heterocycles. The number of rotatable bonds is 5. The highest BCUT2D eigenvalue weighted by molar-refractivity contribution is 5.10. The highest BCUT2D eigenvalue weighted by Gasteiger charge is 2.38. The van der Waals surface area contributed by atoms with Gasteiger partial charge in [-0.3, -0.25) is 9.88 Å². The molecule has 1 aliphatic heterocycles. The van der Waals surface area contributed by atoms with Gasteiger partial charge in [-0.05, 0) is 44.0 Å². The molecule has 0 aromatic carbocycles. The third-order valence-corrected chi connectivity index (χ3v) is 4.34. The first-order chi connectivity index (χ1) is 9.20. The van der Waals surface area contributed by atoms with E-state index in [1.807, 2.05) is 12.4 Å². The monoisotopic (exact) mass is 263 g/mol. The molecule has 1 aromatic rings. The van der Waals surface area contributed by atoms with Crippen LogP contribution in [0, 0.1) is 0 Å². The summed E-state index contributed by atoms with van der Waals surface area (Å²) in [5.74, 6) is 0. The summed E-state index contributed by atoms with van der Waals surface area (Å²) in [7, 11) is 2.17. The summed E-state index contributed by atoms with van der Waals surface area (Å²) in [4.78, 5) is 6.46. The Labute approximate surface area is 116 Å². The molecule has 2 rings (SSSR count). The maximum atomic E-state index is 6.10. The van der Waals surface area contributed by atoms with Gasteiger partial charge in [0.05, 0.1) is 6.10 Å². The fourth-order valence-corrected chi connectivity index (χ4v) is 2.88. The van der Waals surface area contributed by atoms with E-state index in [1.54, 1.807) is 0 Å². The molecule has 19 heavy (non-hydrogen) atoms. The molecule has 1 aromatic heterocycles. The van der Waals surface area contributed by atoms with E-state index in [9.17, 15) is 0 Å². The predicted molar refractivity (Wildman–Crippen MR) is 76.8 cm³/mol. The van der Waals surface area contributed by atoms with E-state index in [0.717, 1.165) is 32.4 Å². The van der Waals surface area contributed by atoms with Gasteiger partial charge in [0.15, 0.2) is 0 Å². The lowest BCUT2D eigenvalue weighted by Crippen LogP contribution is -2.56. The molecule has 2 atom stereocenters. The minimum atomic E-state index is 0.0716. The van der Waals surface area contributed by atoms with Gasteiger partial charge < -0.3 is 10.5 Å². The molecule has 4 nitrogen and oxygen atoms in total. The smallest absolute Gasteiger partial charge is 0.0590 e. The van der Waals surface area contributed by atoms with Crippen LogP contribution in [0.1, 0.15) is 31.7 Å². The zero-order valence-electron chi connectivity index (χ0n) is 12.0. The molecule has 0 amide bonds. The number of hydrogen-bond acceptors (Lipinski definition) is 4. The molecular weight excluding hydrogens is 238 g/mol. The second-order valence-corrected chi connectivity index (χ2v) is 5.50. The van der Waals surface area contributed by atoms with E-state index in [1.165, 1.54) is 5.56 Å². The fourth-order valence-electron chi connectivity index (χ4n) is 2.88. The van der Waals surface area contributed by atoms with Gasteiger partial charge in [0.2, 0.25) is 0 Å². The lowest BCUT2D eigenvalue weighted by Gasteiger charge is -2.46. The van der Waals surface area contributed by atoms with E-state index in [-0.39, 0.29) is 5.54 Å². The van der Waals surface area contributed by atoms with E-state index >= 15 is 0 Å². The van der Waals surface area contributed by atoms with Crippen molar-refractivity contribution >= 4 is 0 Å². The van der Waals surface area contributed by atoms with Gasteiger partial charge in [-0.2, -0.15) is 0 Å². The Hall–Kier alpha value is -0.970. The van der Waals surface area contributed by atoms with Crippen LogP contribution in [0.2, 0.25) is 0 Å². The Balaban J connectivity index is 2.07. The summed E-state index contributed by atoms with van der Waals surface area (Å²) < 4.78 is 5.79. The van der Waals surface area contributed by atoms with Crippen molar-refractivity contribution in [1.29, 1.82) is 0 Å². The molecule has 0 saturated carbocycles. The van der Waals surface area contributed by atoms with Gasteiger partial charge >= 0.3 is 0 Å². The highest BCUT2D eigenvalue weighted by atomic mass is 16.5. The zero-order valence-corrected chi connectivity index (χ0v) is 12.0. The van der Waals surface area contributed by atoms with Crippen molar-refractivity contribution in [2.75, 3.05) is 20.2 Å². The van der Waals surface area contributed by atoms with Gasteiger partial charge in [0.1, 0.15) is 0 Å². The number of ether oxygens (including phenoxy) is 1. The minimum absolute atomic E-state index is 0.0716. The predicted octanol–water partition coefficient (Wildman–Crippen LogP) is 1.80. The average molecular weight is 263 g/mol. The Morgan fingerprint density at radius 2 is 2.21 bits per heavy atom. The third kappa shape index (κ3) is 3.32. The van der Waals surface area contributed by atoms with Gasteiger partial charge in [0.25, 0.3) is 0 Å². The quantitative estimate of drug-likeness (QED) is 0.880. The largest absolute Gasteiger partial charge is 0.378 e. The van der Waals surface area contributed by atoms with Crippen molar-refractivity contribution in [3.63, 3.8) is 0 Å². The Kier molecular flexibility index (Phi) is 4.91. The normalized spacial score (nSPS) is 27.7. The molecule has 2 unspecified atom stereocenters. The summed E-state index contributed by atoms with van der Waals surface area (Å²) in [6.45, 7) is 4.60. The Morgan fingerprint density at radius 3 is 2.84 bits per heavy atom. The first kappa shape index (κ1) is 14.4. The molecular formula is C15H25N3O. The highest BCUT2D eigenvalue weighted by Crippen LogP contribution is 2.31. The van der Waals surface area contributed by atoms with Gasteiger partial charge in [-0.15, -0.1) is 0 Å². The van der Waals surface area contributed by atoms with Crippen LogP contribution in [0.3, 0.4) is 0 Å². The first-order valence-corrected chi connectivity index (χ1v) is 7.12. The third-order valence-electron chi connectivity index (χ3n) is 4.34. The molecule has 0 aliphatic carbocycles. The number of nitrogens with zero attached hydrogens (tertiary/aromatic N) is 2. The van der Waals surface area contributed by atoms with E-state index < -0.39 is 0 Å². The minimum Gasteiger partial charge on any atom is -0.378 e.